The first kappa shape index (κ1) is 24.3. The third kappa shape index (κ3) is 5.64. The molecular weight excluding hydrogens is 453 g/mol. The Morgan fingerprint density at radius 1 is 0.647 bits per heavy atom. The Morgan fingerprint density at radius 2 is 1.35 bits per heavy atom. The topological polar surface area (TPSA) is 0 Å². The van der Waals surface area contributed by atoms with E-state index in [9.17, 15) is 8.78 Å². The van der Waals surface area contributed by atoms with E-state index in [-0.39, 0.29) is 5.82 Å². The molecule has 0 spiro atoms. The van der Waals surface area contributed by atoms with Gasteiger partial charge in [0.2, 0.25) is 0 Å². The summed E-state index contributed by atoms with van der Waals surface area (Å²) in [6, 6.07) is 20.4. The molecule has 0 aromatic heterocycles. The highest BCUT2D eigenvalue weighted by molar-refractivity contribution is 6.30. The molecule has 0 atom stereocenters. The highest BCUT2D eigenvalue weighted by Crippen LogP contribution is 2.29. The zero-order chi connectivity index (χ0) is 24.1. The number of rotatable bonds is 9. The number of hydrogen-bond acceptors (Lipinski definition) is 0. The quantitative estimate of drug-likeness (QED) is 0.165. The van der Waals surface area contributed by atoms with Crippen molar-refractivity contribution >= 4 is 22.4 Å². The lowest BCUT2D eigenvalue weighted by Crippen LogP contribution is -1.98. The Morgan fingerprint density at radius 3 is 2.06 bits per heavy atom. The van der Waals surface area contributed by atoms with Gasteiger partial charge >= 0.3 is 0 Å². The molecule has 0 saturated heterocycles. The normalized spacial score (nSPS) is 11.3. The molecule has 34 heavy (non-hydrogen) atoms. The Hall–Kier alpha value is -2.78. The van der Waals surface area contributed by atoms with Crippen molar-refractivity contribution in [2.75, 3.05) is 0 Å². The minimum atomic E-state index is -0.798. The van der Waals surface area contributed by atoms with Gasteiger partial charge in [0, 0.05) is 5.39 Å². The highest BCUT2D eigenvalue weighted by Gasteiger charge is 2.12. The van der Waals surface area contributed by atoms with Crippen molar-refractivity contribution in [3.63, 3.8) is 0 Å². The lowest BCUT2D eigenvalue weighted by Gasteiger charge is -2.10. The number of halogens is 4. The lowest BCUT2D eigenvalue weighted by molar-refractivity contribution is 0.579. The summed E-state index contributed by atoms with van der Waals surface area (Å²) in [6.07, 6.45) is 6.76. The fraction of sp³-hybridized carbons (Fsp3) is 0.267. The van der Waals surface area contributed by atoms with Crippen LogP contribution in [0, 0.1) is 17.5 Å². The van der Waals surface area contributed by atoms with E-state index in [2.05, 4.69) is 31.2 Å². The van der Waals surface area contributed by atoms with E-state index in [4.69, 9.17) is 11.6 Å². The Kier molecular flexibility index (Phi) is 7.95. The summed E-state index contributed by atoms with van der Waals surface area (Å²) in [5, 5.41) is 0.853. The fourth-order valence-corrected chi connectivity index (χ4v) is 4.47. The maximum atomic E-state index is 15.2. The van der Waals surface area contributed by atoms with E-state index in [1.165, 1.54) is 43.4 Å². The molecule has 0 bridgehead atoms. The molecule has 0 unspecified atom stereocenters. The van der Waals surface area contributed by atoms with Crippen molar-refractivity contribution in [2.24, 2.45) is 0 Å². The van der Waals surface area contributed by atoms with Crippen LogP contribution in [0.15, 0.2) is 66.7 Å². The smallest absolute Gasteiger partial charge is 0.145 e. The predicted molar refractivity (Wildman–Crippen MR) is 136 cm³/mol. The number of fused-ring (bicyclic) bond motifs is 1. The van der Waals surface area contributed by atoms with E-state index in [1.54, 1.807) is 6.07 Å². The maximum absolute atomic E-state index is 15.2. The molecule has 0 radical (unpaired) electrons. The molecule has 0 amide bonds. The van der Waals surface area contributed by atoms with Gasteiger partial charge in [0.15, 0.2) is 0 Å². The van der Waals surface area contributed by atoms with Gasteiger partial charge in [-0.3, -0.25) is 0 Å². The second kappa shape index (κ2) is 11.1. The van der Waals surface area contributed by atoms with Crippen LogP contribution in [-0.4, -0.2) is 0 Å². The van der Waals surface area contributed by atoms with Gasteiger partial charge in [-0.05, 0) is 77.1 Å². The van der Waals surface area contributed by atoms with Gasteiger partial charge in [0.25, 0.3) is 0 Å². The second-order valence-corrected chi connectivity index (χ2v) is 9.23. The minimum absolute atomic E-state index is 0.290. The summed E-state index contributed by atoms with van der Waals surface area (Å²) in [5.74, 6) is -1.89. The third-order valence-corrected chi connectivity index (χ3v) is 6.73. The van der Waals surface area contributed by atoms with Crippen molar-refractivity contribution in [3.05, 3.63) is 106 Å². The summed E-state index contributed by atoms with van der Waals surface area (Å²) < 4.78 is 42.6. The lowest BCUT2D eigenvalue weighted by atomic mass is 9.96. The van der Waals surface area contributed by atoms with Crippen LogP contribution in [0.4, 0.5) is 13.2 Å². The molecule has 0 heterocycles. The number of aryl methyl sites for hydroxylation is 3. The first-order valence-electron chi connectivity index (χ1n) is 11.9. The molecule has 0 aliphatic heterocycles. The molecular formula is C30H28ClF3. The van der Waals surface area contributed by atoms with E-state index in [1.807, 2.05) is 24.3 Å². The standard InChI is InChI=1S/C30H28ClF3/c1-2-3-4-5-6-20-7-10-22(11-8-20)24-15-16-26-25(19-24)14-13-23(30(26)34)12-9-21-17-27(32)29(31)28(33)18-21/h7-8,10-11,13-19H,2-6,9,12H2,1H3. The van der Waals surface area contributed by atoms with Crippen molar-refractivity contribution < 1.29 is 13.2 Å². The first-order valence-corrected chi connectivity index (χ1v) is 12.3. The molecule has 0 N–H and O–H groups in total. The zero-order valence-electron chi connectivity index (χ0n) is 19.3. The van der Waals surface area contributed by atoms with Crippen molar-refractivity contribution in [2.45, 2.75) is 51.9 Å². The molecule has 0 nitrogen and oxygen atoms in total. The molecule has 4 rings (SSSR count). The summed E-state index contributed by atoms with van der Waals surface area (Å²) in [7, 11) is 0. The third-order valence-electron chi connectivity index (χ3n) is 6.37. The van der Waals surface area contributed by atoms with Crippen LogP contribution in [0.2, 0.25) is 5.02 Å². The second-order valence-electron chi connectivity index (χ2n) is 8.86. The van der Waals surface area contributed by atoms with Gasteiger partial charge in [0.05, 0.1) is 0 Å². The SMILES string of the molecule is CCCCCCc1ccc(-c2ccc3c(F)c(CCc4cc(F)c(Cl)c(F)c4)ccc3c2)cc1. The first-order chi connectivity index (χ1) is 16.5. The van der Waals surface area contributed by atoms with Crippen LogP contribution in [0.25, 0.3) is 21.9 Å². The summed E-state index contributed by atoms with van der Waals surface area (Å²) in [4.78, 5) is 0. The summed E-state index contributed by atoms with van der Waals surface area (Å²) >= 11 is 5.54. The monoisotopic (exact) mass is 480 g/mol. The van der Waals surface area contributed by atoms with Gasteiger partial charge in [-0.1, -0.05) is 86.3 Å². The van der Waals surface area contributed by atoms with Crippen LogP contribution in [0.1, 0.15) is 49.3 Å². The molecule has 0 fully saturated rings. The number of hydrogen-bond donors (Lipinski definition) is 0. The fourth-order valence-electron chi connectivity index (χ4n) is 4.36. The van der Waals surface area contributed by atoms with Crippen molar-refractivity contribution in [1.82, 2.24) is 0 Å². The molecule has 4 heteroatoms. The average Bonchev–Trinajstić information content (AvgIpc) is 2.85. The molecule has 0 saturated carbocycles. The van der Waals surface area contributed by atoms with E-state index in [0.717, 1.165) is 22.9 Å². The number of benzene rings is 4. The van der Waals surface area contributed by atoms with Crippen LogP contribution in [0.5, 0.6) is 0 Å². The van der Waals surface area contributed by atoms with Gasteiger partial charge in [-0.25, -0.2) is 13.2 Å². The van der Waals surface area contributed by atoms with Gasteiger partial charge < -0.3 is 0 Å². The van der Waals surface area contributed by atoms with Gasteiger partial charge in [-0.15, -0.1) is 0 Å². The minimum Gasteiger partial charge on any atom is -0.206 e. The summed E-state index contributed by atoms with van der Waals surface area (Å²) in [5.41, 5.74) is 4.46. The van der Waals surface area contributed by atoms with E-state index >= 15 is 4.39 Å². The Labute approximate surface area is 204 Å². The number of unbranched alkanes of at least 4 members (excludes halogenated alkanes) is 3. The molecule has 4 aromatic carbocycles. The van der Waals surface area contributed by atoms with Gasteiger partial charge in [0.1, 0.15) is 22.5 Å². The largest absolute Gasteiger partial charge is 0.206 e. The van der Waals surface area contributed by atoms with Crippen molar-refractivity contribution in [1.29, 1.82) is 0 Å². The molecule has 176 valence electrons. The van der Waals surface area contributed by atoms with Crippen LogP contribution in [-0.2, 0) is 19.3 Å². The van der Waals surface area contributed by atoms with Crippen LogP contribution in [0.3, 0.4) is 0 Å². The highest BCUT2D eigenvalue weighted by atomic mass is 35.5. The van der Waals surface area contributed by atoms with E-state index in [0.29, 0.717) is 29.4 Å². The molecule has 0 aliphatic rings. The maximum Gasteiger partial charge on any atom is 0.145 e. The van der Waals surface area contributed by atoms with Gasteiger partial charge in [-0.2, -0.15) is 0 Å². The predicted octanol–water partition coefficient (Wildman–Crippen LogP) is 9.49. The summed E-state index contributed by atoms with van der Waals surface area (Å²) in [6.45, 7) is 2.22. The van der Waals surface area contributed by atoms with Crippen molar-refractivity contribution in [3.8, 4) is 11.1 Å². The zero-order valence-corrected chi connectivity index (χ0v) is 20.1. The van der Waals surface area contributed by atoms with Crippen LogP contribution < -0.4 is 0 Å². The average molecular weight is 481 g/mol. The Bertz CT molecular complexity index is 1260. The molecule has 4 aromatic rings. The molecule has 0 aliphatic carbocycles. The Balaban J connectivity index is 1.48. The van der Waals surface area contributed by atoms with E-state index < -0.39 is 16.7 Å². The van der Waals surface area contributed by atoms with Crippen LogP contribution >= 0.6 is 11.6 Å².